The number of ketones is 1. The summed E-state index contributed by atoms with van der Waals surface area (Å²) in [6.45, 7) is 1.79. The van der Waals surface area contributed by atoms with Crippen molar-refractivity contribution in [2.75, 3.05) is 11.9 Å². The van der Waals surface area contributed by atoms with Crippen molar-refractivity contribution in [1.29, 1.82) is 0 Å². The number of nitrogens with one attached hydrogen (secondary N) is 1. The van der Waals surface area contributed by atoms with E-state index in [4.69, 9.17) is 0 Å². The van der Waals surface area contributed by atoms with Crippen molar-refractivity contribution < 1.29 is 18.0 Å². The van der Waals surface area contributed by atoms with Gasteiger partial charge in [-0.1, -0.05) is 18.2 Å². The molecule has 0 aromatic heterocycles. The number of rotatable bonds is 5. The molecule has 0 radical (unpaired) electrons. The maximum atomic E-state index is 12.8. The van der Waals surface area contributed by atoms with Crippen LogP contribution >= 0.6 is 0 Å². The third-order valence-electron chi connectivity index (χ3n) is 4.42. The zero-order chi connectivity index (χ0) is 18.7. The first-order valence-electron chi connectivity index (χ1n) is 8.38. The fraction of sp³-hybridized carbons (Fsp3) is 0.263. The molecule has 2 aromatic rings. The van der Waals surface area contributed by atoms with Crippen molar-refractivity contribution in [2.45, 2.75) is 30.7 Å². The predicted octanol–water partition coefficient (Wildman–Crippen LogP) is 2.68. The Balaban J connectivity index is 1.77. The van der Waals surface area contributed by atoms with Crippen LogP contribution in [0.4, 0.5) is 5.69 Å². The molecule has 1 atom stereocenters. The highest BCUT2D eigenvalue weighted by Gasteiger charge is 2.39. The van der Waals surface area contributed by atoms with Crippen molar-refractivity contribution in [2.24, 2.45) is 0 Å². The molecule has 1 heterocycles. The van der Waals surface area contributed by atoms with Crippen molar-refractivity contribution in [3.8, 4) is 0 Å². The Morgan fingerprint density at radius 3 is 2.31 bits per heavy atom. The molecule has 0 aliphatic carbocycles. The van der Waals surface area contributed by atoms with E-state index in [0.717, 1.165) is 0 Å². The number of carbonyl (C=O) groups excluding carboxylic acids is 2. The molecule has 1 unspecified atom stereocenters. The lowest BCUT2D eigenvalue weighted by Crippen LogP contribution is -2.43. The first-order chi connectivity index (χ1) is 12.4. The number of carbonyl (C=O) groups is 2. The maximum Gasteiger partial charge on any atom is 0.243 e. The second kappa shape index (κ2) is 7.39. The summed E-state index contributed by atoms with van der Waals surface area (Å²) in [5.74, 6) is -0.420. The van der Waals surface area contributed by atoms with E-state index in [2.05, 4.69) is 5.32 Å². The van der Waals surface area contributed by atoms with Gasteiger partial charge in [0.15, 0.2) is 5.78 Å². The van der Waals surface area contributed by atoms with Gasteiger partial charge in [0, 0.05) is 17.8 Å². The van der Waals surface area contributed by atoms with Crippen molar-refractivity contribution in [3.05, 3.63) is 60.2 Å². The summed E-state index contributed by atoms with van der Waals surface area (Å²) in [7, 11) is -3.72. The molecule has 1 fully saturated rings. The largest absolute Gasteiger partial charge is 0.325 e. The fourth-order valence-electron chi connectivity index (χ4n) is 3.03. The van der Waals surface area contributed by atoms with Crippen LogP contribution in [0.15, 0.2) is 59.5 Å². The smallest absolute Gasteiger partial charge is 0.243 e. The van der Waals surface area contributed by atoms with Gasteiger partial charge in [-0.05, 0) is 56.2 Å². The summed E-state index contributed by atoms with van der Waals surface area (Å²) in [5.41, 5.74) is 1.08. The molecule has 1 amide bonds. The number of anilines is 1. The lowest BCUT2D eigenvalue weighted by molar-refractivity contribution is -0.119. The summed E-state index contributed by atoms with van der Waals surface area (Å²) < 4.78 is 26.9. The van der Waals surface area contributed by atoms with Crippen LogP contribution in [0.25, 0.3) is 0 Å². The highest BCUT2D eigenvalue weighted by atomic mass is 32.2. The summed E-state index contributed by atoms with van der Waals surface area (Å²) >= 11 is 0. The van der Waals surface area contributed by atoms with Crippen LogP contribution in [0.5, 0.6) is 0 Å². The van der Waals surface area contributed by atoms with Gasteiger partial charge in [-0.15, -0.1) is 0 Å². The number of amides is 1. The lowest BCUT2D eigenvalue weighted by atomic mass is 10.1. The van der Waals surface area contributed by atoms with E-state index in [-0.39, 0.29) is 16.6 Å². The summed E-state index contributed by atoms with van der Waals surface area (Å²) in [4.78, 5) is 24.1. The molecule has 1 aliphatic heterocycles. The Morgan fingerprint density at radius 1 is 1.04 bits per heavy atom. The first kappa shape index (κ1) is 18.3. The minimum atomic E-state index is -3.72. The molecule has 0 saturated carbocycles. The van der Waals surface area contributed by atoms with E-state index in [0.29, 0.717) is 30.6 Å². The van der Waals surface area contributed by atoms with Gasteiger partial charge in [-0.2, -0.15) is 4.31 Å². The van der Waals surface area contributed by atoms with Gasteiger partial charge in [0.05, 0.1) is 4.90 Å². The molecule has 3 rings (SSSR count). The lowest BCUT2D eigenvalue weighted by Gasteiger charge is -2.23. The predicted molar refractivity (Wildman–Crippen MR) is 98.4 cm³/mol. The molecular formula is C19H20N2O4S. The number of benzene rings is 2. The molecular weight excluding hydrogens is 352 g/mol. The SMILES string of the molecule is CC(=O)c1ccc(NC(=O)C2CCCN2S(=O)(=O)c2ccccc2)cc1. The third kappa shape index (κ3) is 3.68. The van der Waals surface area contributed by atoms with E-state index in [1.165, 1.54) is 23.4 Å². The van der Waals surface area contributed by atoms with Crippen LogP contribution < -0.4 is 5.32 Å². The maximum absolute atomic E-state index is 12.8. The van der Waals surface area contributed by atoms with Crippen molar-refractivity contribution in [1.82, 2.24) is 4.31 Å². The van der Waals surface area contributed by atoms with Gasteiger partial charge < -0.3 is 5.32 Å². The Labute approximate surface area is 152 Å². The average Bonchev–Trinajstić information content (AvgIpc) is 3.14. The molecule has 1 saturated heterocycles. The summed E-state index contributed by atoms with van der Waals surface area (Å²) in [6.07, 6.45) is 1.11. The quantitative estimate of drug-likeness (QED) is 0.818. The topological polar surface area (TPSA) is 83.6 Å². The second-order valence-electron chi connectivity index (χ2n) is 6.21. The molecule has 26 heavy (non-hydrogen) atoms. The average molecular weight is 372 g/mol. The highest BCUT2D eigenvalue weighted by molar-refractivity contribution is 7.89. The minimum absolute atomic E-state index is 0.0567. The molecule has 0 bridgehead atoms. The Morgan fingerprint density at radius 2 is 1.69 bits per heavy atom. The normalized spacial score (nSPS) is 17.8. The highest BCUT2D eigenvalue weighted by Crippen LogP contribution is 2.27. The van der Waals surface area contributed by atoms with E-state index >= 15 is 0 Å². The molecule has 2 aromatic carbocycles. The zero-order valence-electron chi connectivity index (χ0n) is 14.4. The Bertz CT molecular complexity index is 908. The van der Waals surface area contributed by atoms with Crippen molar-refractivity contribution in [3.63, 3.8) is 0 Å². The van der Waals surface area contributed by atoms with E-state index < -0.39 is 16.1 Å². The molecule has 0 spiro atoms. The monoisotopic (exact) mass is 372 g/mol. The van der Waals surface area contributed by atoms with E-state index in [1.807, 2.05) is 0 Å². The zero-order valence-corrected chi connectivity index (χ0v) is 15.2. The number of sulfonamides is 1. The van der Waals surface area contributed by atoms with Gasteiger partial charge in [-0.25, -0.2) is 8.42 Å². The van der Waals surface area contributed by atoms with Gasteiger partial charge in [0.2, 0.25) is 15.9 Å². The first-order valence-corrected chi connectivity index (χ1v) is 9.82. The van der Waals surface area contributed by atoms with Crippen LogP contribution in [-0.4, -0.2) is 37.0 Å². The summed E-state index contributed by atoms with van der Waals surface area (Å²) in [5, 5.41) is 2.75. The van der Waals surface area contributed by atoms with E-state index in [9.17, 15) is 18.0 Å². The van der Waals surface area contributed by atoms with Gasteiger partial charge in [0.1, 0.15) is 6.04 Å². The number of hydrogen-bond donors (Lipinski definition) is 1. The fourth-order valence-corrected chi connectivity index (χ4v) is 4.71. The van der Waals surface area contributed by atoms with Gasteiger partial charge in [0.25, 0.3) is 0 Å². The second-order valence-corrected chi connectivity index (χ2v) is 8.10. The van der Waals surface area contributed by atoms with Crippen LogP contribution in [-0.2, 0) is 14.8 Å². The third-order valence-corrected chi connectivity index (χ3v) is 6.34. The molecule has 6 nitrogen and oxygen atoms in total. The molecule has 7 heteroatoms. The van der Waals surface area contributed by atoms with Crippen molar-refractivity contribution >= 4 is 27.4 Å². The minimum Gasteiger partial charge on any atom is -0.325 e. The van der Waals surface area contributed by atoms with Gasteiger partial charge in [-0.3, -0.25) is 9.59 Å². The standard InChI is InChI=1S/C19H20N2O4S/c1-14(22)15-9-11-16(12-10-15)20-19(23)18-8-5-13-21(18)26(24,25)17-6-3-2-4-7-17/h2-4,6-7,9-12,18H,5,8,13H2,1H3,(H,20,23). The Hall–Kier alpha value is -2.51. The van der Waals surface area contributed by atoms with Crippen LogP contribution in [0.1, 0.15) is 30.1 Å². The summed E-state index contributed by atoms with van der Waals surface area (Å²) in [6, 6.07) is 13.9. The van der Waals surface area contributed by atoms with Crippen LogP contribution in [0, 0.1) is 0 Å². The van der Waals surface area contributed by atoms with Crippen LogP contribution in [0.3, 0.4) is 0 Å². The number of hydrogen-bond acceptors (Lipinski definition) is 4. The number of nitrogens with zero attached hydrogens (tertiary/aromatic N) is 1. The van der Waals surface area contributed by atoms with Crippen LogP contribution in [0.2, 0.25) is 0 Å². The molecule has 136 valence electrons. The van der Waals surface area contributed by atoms with E-state index in [1.54, 1.807) is 42.5 Å². The number of Topliss-reactive ketones (excluding diaryl/α,β-unsaturated/α-hetero) is 1. The Kier molecular flexibility index (Phi) is 5.20. The molecule has 1 aliphatic rings. The van der Waals surface area contributed by atoms with Gasteiger partial charge >= 0.3 is 0 Å². The molecule has 1 N–H and O–H groups in total.